The van der Waals surface area contributed by atoms with Crippen LogP contribution in [0, 0.1) is 20.8 Å². The first-order chi connectivity index (χ1) is 7.49. The van der Waals surface area contributed by atoms with Crippen molar-refractivity contribution in [2.75, 3.05) is 0 Å². The fourth-order valence-corrected chi connectivity index (χ4v) is 1.95. The van der Waals surface area contributed by atoms with Gasteiger partial charge in [-0.05, 0) is 50.1 Å². The predicted octanol–water partition coefficient (Wildman–Crippen LogP) is 2.86. The number of hydrogen-bond donors (Lipinski definition) is 1. The summed E-state index contributed by atoms with van der Waals surface area (Å²) in [6.07, 6.45) is 0. The molecule has 0 saturated heterocycles. The van der Waals surface area contributed by atoms with Gasteiger partial charge in [-0.2, -0.15) is 0 Å². The van der Waals surface area contributed by atoms with Gasteiger partial charge in [-0.1, -0.05) is 0 Å². The number of benzene rings is 1. The maximum absolute atomic E-state index is 11.0. The molecule has 0 atom stereocenters. The Hall–Kier alpha value is -1.90. The van der Waals surface area contributed by atoms with E-state index in [0.717, 1.165) is 27.7 Å². The highest BCUT2D eigenvalue weighted by molar-refractivity contribution is 5.95. The summed E-state index contributed by atoms with van der Waals surface area (Å²) in [5, 5.41) is 9.91. The zero-order valence-corrected chi connectivity index (χ0v) is 9.53. The molecule has 0 unspecified atom stereocenters. The Labute approximate surface area is 93.7 Å². The van der Waals surface area contributed by atoms with Crippen LogP contribution in [0.1, 0.15) is 27.2 Å². The normalized spacial score (nSPS) is 10.7. The van der Waals surface area contributed by atoms with Crippen LogP contribution in [0.25, 0.3) is 10.9 Å². The van der Waals surface area contributed by atoms with Gasteiger partial charge in [0.2, 0.25) is 0 Å². The fourth-order valence-electron chi connectivity index (χ4n) is 1.95. The molecule has 2 rings (SSSR count). The Morgan fingerprint density at radius 2 is 1.81 bits per heavy atom. The third-order valence-electron chi connectivity index (χ3n) is 2.69. The van der Waals surface area contributed by atoms with Gasteiger partial charge < -0.3 is 5.11 Å². The molecule has 3 nitrogen and oxygen atoms in total. The quantitative estimate of drug-likeness (QED) is 0.795. The topological polar surface area (TPSA) is 50.2 Å². The molecule has 0 aliphatic heterocycles. The van der Waals surface area contributed by atoms with Gasteiger partial charge in [-0.3, -0.25) is 4.98 Å². The molecular formula is C13H13NO2. The van der Waals surface area contributed by atoms with Gasteiger partial charge in [0, 0.05) is 11.1 Å². The fraction of sp³-hybridized carbons (Fsp3) is 0.231. The molecule has 82 valence electrons. The van der Waals surface area contributed by atoms with Gasteiger partial charge >= 0.3 is 5.97 Å². The van der Waals surface area contributed by atoms with E-state index in [1.54, 1.807) is 12.1 Å². The minimum atomic E-state index is -0.898. The average molecular weight is 215 g/mol. The summed E-state index contributed by atoms with van der Waals surface area (Å²) >= 11 is 0. The molecule has 0 fully saturated rings. The van der Waals surface area contributed by atoms with Crippen molar-refractivity contribution < 1.29 is 9.90 Å². The Morgan fingerprint density at radius 3 is 2.44 bits per heavy atom. The van der Waals surface area contributed by atoms with Crippen molar-refractivity contribution in [3.05, 3.63) is 40.6 Å². The SMILES string of the molecule is Cc1cc(C)c2cc(C(=O)O)cc(C)c2n1. The van der Waals surface area contributed by atoms with E-state index in [-0.39, 0.29) is 0 Å². The highest BCUT2D eigenvalue weighted by atomic mass is 16.4. The smallest absolute Gasteiger partial charge is 0.335 e. The number of hydrogen-bond acceptors (Lipinski definition) is 2. The van der Waals surface area contributed by atoms with E-state index in [0.29, 0.717) is 5.56 Å². The van der Waals surface area contributed by atoms with Gasteiger partial charge in [-0.15, -0.1) is 0 Å². The van der Waals surface area contributed by atoms with Crippen LogP contribution in [-0.4, -0.2) is 16.1 Å². The summed E-state index contributed by atoms with van der Waals surface area (Å²) in [7, 11) is 0. The number of carboxylic acid groups (broad SMARTS) is 1. The van der Waals surface area contributed by atoms with Crippen LogP contribution in [0.15, 0.2) is 18.2 Å². The standard InChI is InChI=1S/C13H13NO2/c1-7-4-9(3)14-12-8(2)5-10(13(15)16)6-11(7)12/h4-6H,1-3H3,(H,15,16). The van der Waals surface area contributed by atoms with Crippen LogP contribution >= 0.6 is 0 Å². The number of aryl methyl sites for hydroxylation is 3. The number of nitrogens with zero attached hydrogens (tertiary/aromatic N) is 1. The molecule has 16 heavy (non-hydrogen) atoms. The van der Waals surface area contributed by atoms with Gasteiger partial charge in [0.25, 0.3) is 0 Å². The van der Waals surface area contributed by atoms with Crippen molar-refractivity contribution in [2.45, 2.75) is 20.8 Å². The molecule has 0 saturated carbocycles. The van der Waals surface area contributed by atoms with Crippen LogP contribution in [-0.2, 0) is 0 Å². The molecule has 1 heterocycles. The average Bonchev–Trinajstić information content (AvgIpc) is 2.19. The van der Waals surface area contributed by atoms with E-state index in [2.05, 4.69) is 4.98 Å². The van der Waals surface area contributed by atoms with E-state index in [1.165, 1.54) is 0 Å². The van der Waals surface area contributed by atoms with Gasteiger partial charge in [0.15, 0.2) is 0 Å². The van der Waals surface area contributed by atoms with E-state index in [9.17, 15) is 4.79 Å². The molecule has 0 radical (unpaired) electrons. The number of carbonyl (C=O) groups is 1. The van der Waals surface area contributed by atoms with Crippen LogP contribution in [0.5, 0.6) is 0 Å². The summed E-state index contributed by atoms with van der Waals surface area (Å²) in [5.74, 6) is -0.898. The minimum absolute atomic E-state index is 0.318. The van der Waals surface area contributed by atoms with Crippen molar-refractivity contribution in [1.82, 2.24) is 4.98 Å². The molecule has 0 spiro atoms. The number of aromatic carboxylic acids is 1. The second-order valence-corrected chi connectivity index (χ2v) is 4.07. The summed E-state index contributed by atoms with van der Waals surface area (Å²) in [4.78, 5) is 15.4. The molecule has 3 heteroatoms. The van der Waals surface area contributed by atoms with E-state index in [4.69, 9.17) is 5.11 Å². The zero-order valence-electron chi connectivity index (χ0n) is 9.53. The monoisotopic (exact) mass is 215 g/mol. The molecule has 0 bridgehead atoms. The first-order valence-electron chi connectivity index (χ1n) is 5.11. The van der Waals surface area contributed by atoms with E-state index in [1.807, 2.05) is 26.8 Å². The maximum atomic E-state index is 11.0. The predicted molar refractivity (Wildman–Crippen MR) is 62.9 cm³/mol. The summed E-state index contributed by atoms with van der Waals surface area (Å²) in [5.41, 5.74) is 4.13. The second-order valence-electron chi connectivity index (χ2n) is 4.07. The molecule has 1 aromatic carbocycles. The highest BCUT2D eigenvalue weighted by Gasteiger charge is 2.09. The highest BCUT2D eigenvalue weighted by Crippen LogP contribution is 2.22. The molecular weight excluding hydrogens is 202 g/mol. The molecule has 0 aliphatic carbocycles. The van der Waals surface area contributed by atoms with Crippen molar-refractivity contribution >= 4 is 16.9 Å². The summed E-state index contributed by atoms with van der Waals surface area (Å²) in [6.45, 7) is 5.81. The van der Waals surface area contributed by atoms with Gasteiger partial charge in [0.1, 0.15) is 0 Å². The van der Waals surface area contributed by atoms with Crippen molar-refractivity contribution in [2.24, 2.45) is 0 Å². The largest absolute Gasteiger partial charge is 0.478 e. The van der Waals surface area contributed by atoms with E-state index >= 15 is 0 Å². The number of fused-ring (bicyclic) bond motifs is 1. The van der Waals surface area contributed by atoms with Crippen LogP contribution in [0.3, 0.4) is 0 Å². The Balaban J connectivity index is 2.87. The van der Waals surface area contributed by atoms with Crippen molar-refractivity contribution in [3.8, 4) is 0 Å². The van der Waals surface area contributed by atoms with Gasteiger partial charge in [0.05, 0.1) is 11.1 Å². The summed E-state index contributed by atoms with van der Waals surface area (Å²) in [6, 6.07) is 5.32. The number of rotatable bonds is 1. The lowest BCUT2D eigenvalue weighted by Crippen LogP contribution is -1.99. The lowest BCUT2D eigenvalue weighted by atomic mass is 10.0. The second kappa shape index (κ2) is 3.59. The minimum Gasteiger partial charge on any atom is -0.478 e. The molecule has 1 aromatic heterocycles. The van der Waals surface area contributed by atoms with Crippen molar-refractivity contribution in [3.63, 3.8) is 0 Å². The lowest BCUT2D eigenvalue weighted by Gasteiger charge is -2.07. The zero-order chi connectivity index (χ0) is 11.9. The van der Waals surface area contributed by atoms with E-state index < -0.39 is 5.97 Å². The third kappa shape index (κ3) is 1.65. The van der Waals surface area contributed by atoms with Gasteiger partial charge in [-0.25, -0.2) is 4.79 Å². The Morgan fingerprint density at radius 1 is 1.12 bits per heavy atom. The molecule has 0 amide bonds. The van der Waals surface area contributed by atoms with Crippen LogP contribution < -0.4 is 0 Å². The maximum Gasteiger partial charge on any atom is 0.335 e. The Kier molecular flexibility index (Phi) is 2.38. The third-order valence-corrected chi connectivity index (χ3v) is 2.69. The number of carboxylic acids is 1. The van der Waals surface area contributed by atoms with Crippen LogP contribution in [0.4, 0.5) is 0 Å². The summed E-state index contributed by atoms with van der Waals surface area (Å²) < 4.78 is 0. The Bertz CT molecular complexity index is 588. The van der Waals surface area contributed by atoms with Crippen LogP contribution in [0.2, 0.25) is 0 Å². The number of pyridine rings is 1. The lowest BCUT2D eigenvalue weighted by molar-refractivity contribution is 0.0697. The molecule has 2 aromatic rings. The first kappa shape index (κ1) is 10.6. The molecule has 0 aliphatic rings. The van der Waals surface area contributed by atoms with Crippen molar-refractivity contribution in [1.29, 1.82) is 0 Å². The number of aromatic nitrogens is 1. The first-order valence-corrected chi connectivity index (χ1v) is 5.11. The molecule has 1 N–H and O–H groups in total.